The first-order valence-electron chi connectivity index (χ1n) is 17.0. The SMILES string of the molecule is C=Cc1c2[nH]c(c1C)C=C1NC(=C(CC(=O)N[C@@H](CC(=O)O)C(=O)O)c3[nH]c(c(C)c3C(=O)O)C=c3[nH]c(c(C)c3CC)=C2)[C@H](CCC(=O)O)[C@@H]1C. The van der Waals surface area contributed by atoms with Crippen molar-refractivity contribution in [3.63, 3.8) is 0 Å². The quantitative estimate of drug-likeness (QED) is 0.133. The number of allylic oxidation sites excluding steroid dienone is 2. The lowest BCUT2D eigenvalue weighted by Crippen LogP contribution is -2.42. The van der Waals surface area contributed by atoms with Crippen molar-refractivity contribution in [1.82, 2.24) is 25.6 Å². The van der Waals surface area contributed by atoms with E-state index in [0.29, 0.717) is 29.1 Å². The molecule has 1 amide bonds. The molecule has 5 rings (SSSR count). The molecule has 0 saturated carbocycles. The Morgan fingerprint density at radius 1 is 0.885 bits per heavy atom. The number of aromatic nitrogens is 3. The van der Waals surface area contributed by atoms with Crippen LogP contribution in [-0.2, 0) is 25.6 Å². The molecule has 14 nitrogen and oxygen atoms in total. The highest BCUT2D eigenvalue weighted by atomic mass is 16.4. The maximum Gasteiger partial charge on any atom is 0.338 e. The van der Waals surface area contributed by atoms with Crippen LogP contribution in [0.25, 0.3) is 29.9 Å². The molecule has 1 fully saturated rings. The number of nitrogens with one attached hydrogen (secondary N) is 5. The number of carboxylic acids is 4. The van der Waals surface area contributed by atoms with Crippen LogP contribution in [0.2, 0.25) is 0 Å². The first-order valence-corrected chi connectivity index (χ1v) is 17.0. The summed E-state index contributed by atoms with van der Waals surface area (Å²) in [6.07, 6.45) is 6.64. The van der Waals surface area contributed by atoms with E-state index in [1.807, 2.05) is 45.9 Å². The third-order valence-corrected chi connectivity index (χ3v) is 10.1. The van der Waals surface area contributed by atoms with Crippen molar-refractivity contribution in [3.8, 4) is 0 Å². The molecule has 0 spiro atoms. The van der Waals surface area contributed by atoms with Gasteiger partial charge in [-0.25, -0.2) is 9.59 Å². The van der Waals surface area contributed by atoms with Gasteiger partial charge in [0.15, 0.2) is 0 Å². The molecule has 14 heteroatoms. The highest BCUT2D eigenvalue weighted by Crippen LogP contribution is 2.43. The van der Waals surface area contributed by atoms with Gasteiger partial charge in [-0.15, -0.1) is 0 Å². The molecule has 1 saturated heterocycles. The topological polar surface area (TPSA) is 238 Å². The lowest BCUT2D eigenvalue weighted by molar-refractivity contribution is -0.147. The fourth-order valence-electron chi connectivity index (χ4n) is 7.34. The van der Waals surface area contributed by atoms with Crippen LogP contribution in [0.5, 0.6) is 0 Å². The van der Waals surface area contributed by atoms with Gasteiger partial charge in [0, 0.05) is 68.6 Å². The second-order valence-corrected chi connectivity index (χ2v) is 13.3. The van der Waals surface area contributed by atoms with Gasteiger partial charge in [-0.2, -0.15) is 0 Å². The fraction of sp³-hybridized carbons (Fsp3) is 0.342. The normalized spacial score (nSPS) is 17.0. The minimum atomic E-state index is -1.75. The zero-order chi connectivity index (χ0) is 38.2. The van der Waals surface area contributed by atoms with Crippen molar-refractivity contribution in [3.05, 3.63) is 84.8 Å². The molecule has 274 valence electrons. The molecule has 9 N–H and O–H groups in total. The third kappa shape index (κ3) is 7.09. The van der Waals surface area contributed by atoms with Crippen molar-refractivity contribution >= 4 is 59.7 Å². The molecule has 3 aromatic rings. The number of fused-ring (bicyclic) bond motifs is 8. The molecule has 3 aromatic heterocycles. The van der Waals surface area contributed by atoms with Crippen LogP contribution < -0.4 is 21.3 Å². The molecule has 3 atom stereocenters. The molecule has 0 aliphatic carbocycles. The summed E-state index contributed by atoms with van der Waals surface area (Å²) in [6, 6.07) is -1.75. The van der Waals surface area contributed by atoms with E-state index in [1.165, 1.54) is 0 Å². The predicted molar refractivity (Wildman–Crippen MR) is 193 cm³/mol. The van der Waals surface area contributed by atoms with Crippen molar-refractivity contribution in [2.45, 2.75) is 72.8 Å². The zero-order valence-electron chi connectivity index (χ0n) is 29.6. The van der Waals surface area contributed by atoms with E-state index >= 15 is 0 Å². The number of rotatable bonds is 12. The van der Waals surface area contributed by atoms with E-state index in [1.54, 1.807) is 13.0 Å². The van der Waals surface area contributed by atoms with Gasteiger partial charge in [-0.3, -0.25) is 14.4 Å². The lowest BCUT2D eigenvalue weighted by Gasteiger charge is -2.20. The maximum atomic E-state index is 13.7. The van der Waals surface area contributed by atoms with Gasteiger partial charge < -0.3 is 46.0 Å². The van der Waals surface area contributed by atoms with Crippen molar-refractivity contribution in [2.75, 3.05) is 0 Å². The number of aromatic amines is 3. The Balaban J connectivity index is 1.88. The van der Waals surface area contributed by atoms with Crippen molar-refractivity contribution in [1.29, 1.82) is 0 Å². The number of aliphatic carboxylic acids is 3. The molecular formula is C38H43N5O9. The van der Waals surface area contributed by atoms with Crippen LogP contribution in [-0.4, -0.2) is 71.2 Å². The Morgan fingerprint density at radius 2 is 1.56 bits per heavy atom. The van der Waals surface area contributed by atoms with Gasteiger partial charge in [-0.1, -0.05) is 26.5 Å². The second kappa shape index (κ2) is 14.7. The average Bonchev–Trinajstić information content (AvgIpc) is 3.74. The van der Waals surface area contributed by atoms with Gasteiger partial charge >= 0.3 is 23.9 Å². The summed E-state index contributed by atoms with van der Waals surface area (Å²) in [6.45, 7) is 13.6. The third-order valence-electron chi connectivity index (χ3n) is 10.1. The lowest BCUT2D eigenvalue weighted by atomic mass is 9.85. The number of hydrogen-bond acceptors (Lipinski definition) is 6. The highest BCUT2D eigenvalue weighted by molar-refractivity contribution is 6.00. The fourth-order valence-corrected chi connectivity index (χ4v) is 7.34. The van der Waals surface area contributed by atoms with Gasteiger partial charge in [0.1, 0.15) is 6.04 Å². The predicted octanol–water partition coefficient (Wildman–Crippen LogP) is 3.38. The Hall–Kier alpha value is -6.05. The van der Waals surface area contributed by atoms with E-state index in [2.05, 4.69) is 32.2 Å². The van der Waals surface area contributed by atoms with Crippen LogP contribution in [0.1, 0.15) is 100 Å². The van der Waals surface area contributed by atoms with Crippen LogP contribution in [0, 0.1) is 32.6 Å². The molecule has 0 aromatic carbocycles. The van der Waals surface area contributed by atoms with Crippen LogP contribution in [0.15, 0.2) is 18.0 Å². The summed E-state index contributed by atoms with van der Waals surface area (Å²) >= 11 is 0. The molecule has 0 radical (unpaired) electrons. The van der Waals surface area contributed by atoms with E-state index in [0.717, 1.165) is 44.3 Å². The van der Waals surface area contributed by atoms with E-state index < -0.39 is 54.6 Å². The van der Waals surface area contributed by atoms with Crippen molar-refractivity contribution < 1.29 is 44.4 Å². The largest absolute Gasteiger partial charge is 0.481 e. The number of carbonyl (C=O) groups excluding carboxylic acids is 1. The number of hydrogen-bond donors (Lipinski definition) is 9. The van der Waals surface area contributed by atoms with Crippen LogP contribution >= 0.6 is 0 Å². The number of H-pyrrole nitrogens is 3. The van der Waals surface area contributed by atoms with Gasteiger partial charge in [0.05, 0.1) is 24.1 Å². The Morgan fingerprint density at radius 3 is 2.15 bits per heavy atom. The van der Waals surface area contributed by atoms with Gasteiger partial charge in [-0.05, 0) is 74.1 Å². The molecule has 2 aliphatic heterocycles. The minimum absolute atomic E-state index is 0.0836. The summed E-state index contributed by atoms with van der Waals surface area (Å²) in [5.41, 5.74) is 7.42. The molecule has 52 heavy (non-hydrogen) atoms. The number of carbonyl (C=O) groups is 5. The molecule has 8 bridgehead atoms. The maximum absolute atomic E-state index is 13.7. The monoisotopic (exact) mass is 713 g/mol. The highest BCUT2D eigenvalue weighted by Gasteiger charge is 2.38. The summed E-state index contributed by atoms with van der Waals surface area (Å²) in [5.74, 6) is -7.04. The Labute approximate surface area is 298 Å². The summed E-state index contributed by atoms with van der Waals surface area (Å²) in [7, 11) is 0. The van der Waals surface area contributed by atoms with E-state index in [9.17, 15) is 44.4 Å². The van der Waals surface area contributed by atoms with Gasteiger partial charge in [0.2, 0.25) is 5.91 Å². The molecule has 2 aliphatic rings. The van der Waals surface area contributed by atoms with Crippen molar-refractivity contribution in [2.24, 2.45) is 11.8 Å². The number of amides is 1. The number of aromatic carboxylic acids is 1. The summed E-state index contributed by atoms with van der Waals surface area (Å²) < 4.78 is 0. The standard InChI is InChI=1S/C38H43N5O9/c1-7-20-16(3)24-12-26-18(5)22(9-10-32(45)46)35(42-26)23(11-31(44)41-30(37(49)50)15-33(47)48)36-34(38(51)52)19(6)27(43-36)14-29-21(8-2)17(4)25(40-29)13-28(20)39-24/h7,12-14,18,22,30,39-40,42-43H,1,8-11,15H2,2-6H3,(H,41,44)(H,45,46)(H,47,48)(H,49,50)(H,51,52)/t18-,22+,30-/m0/s1. The first kappa shape index (κ1) is 37.2. The number of carboxylic acid groups (broad SMARTS) is 4. The molecule has 5 heterocycles. The first-order chi connectivity index (χ1) is 24.6. The summed E-state index contributed by atoms with van der Waals surface area (Å²) in [5, 5.41) is 46.5. The smallest absolute Gasteiger partial charge is 0.338 e. The average molecular weight is 714 g/mol. The van der Waals surface area contributed by atoms with Gasteiger partial charge in [0.25, 0.3) is 0 Å². The Bertz CT molecular complexity index is 2210. The summed E-state index contributed by atoms with van der Waals surface area (Å²) in [4.78, 5) is 72.0. The van der Waals surface area contributed by atoms with E-state index in [4.69, 9.17) is 0 Å². The Kier molecular flexibility index (Phi) is 10.5. The molecular weight excluding hydrogens is 670 g/mol. The minimum Gasteiger partial charge on any atom is -0.481 e. The van der Waals surface area contributed by atoms with E-state index in [-0.39, 0.29) is 35.6 Å². The van der Waals surface area contributed by atoms with Crippen LogP contribution in [0.3, 0.4) is 0 Å². The van der Waals surface area contributed by atoms with Crippen LogP contribution in [0.4, 0.5) is 0 Å². The zero-order valence-corrected chi connectivity index (χ0v) is 29.6. The second-order valence-electron chi connectivity index (χ2n) is 13.3. The molecule has 0 unspecified atom stereocenters.